The molecule has 0 amide bonds. The molecule has 7 aliphatic carbocycles. The van der Waals surface area contributed by atoms with Crippen LogP contribution in [0.3, 0.4) is 0 Å². The van der Waals surface area contributed by atoms with Crippen molar-refractivity contribution in [1.82, 2.24) is 0 Å². The first-order valence-corrected chi connectivity index (χ1v) is 10.4. The third-order valence-electron chi connectivity index (χ3n) is 12.4. The smallest absolute Gasteiger partial charge is 0.0856 e. The molecule has 0 aromatic carbocycles. The van der Waals surface area contributed by atoms with Gasteiger partial charge in [0, 0.05) is 10.8 Å². The van der Waals surface area contributed by atoms with Crippen LogP contribution in [0.5, 0.6) is 0 Å². The molecular weight excluding hydrogens is 268 g/mol. The van der Waals surface area contributed by atoms with Crippen LogP contribution in [0.25, 0.3) is 0 Å². The lowest BCUT2D eigenvalue weighted by molar-refractivity contribution is -0.387. The van der Waals surface area contributed by atoms with E-state index in [4.69, 9.17) is 4.74 Å². The van der Waals surface area contributed by atoms with Gasteiger partial charge in [-0.2, -0.15) is 0 Å². The third kappa shape index (κ3) is 0.553. The van der Waals surface area contributed by atoms with E-state index >= 15 is 0 Å². The maximum atomic E-state index is 6.86. The summed E-state index contributed by atoms with van der Waals surface area (Å²) in [7, 11) is 0. The predicted molar refractivity (Wildman–Crippen MR) is 80.7 cm³/mol. The average molecular weight is 294 g/mol. The molecule has 116 valence electrons. The van der Waals surface area contributed by atoms with E-state index in [9.17, 15) is 0 Å². The average Bonchev–Trinajstić information content (AvgIpc) is 3.18. The Balaban J connectivity index is 1.48. The van der Waals surface area contributed by atoms with Crippen molar-refractivity contribution in [2.24, 2.45) is 75.9 Å². The third-order valence-corrected chi connectivity index (χ3v) is 12.4. The van der Waals surface area contributed by atoms with Crippen LogP contribution in [0.2, 0.25) is 0 Å². The van der Waals surface area contributed by atoms with Crippen molar-refractivity contribution in [3.63, 3.8) is 0 Å². The standard InChI is InChI=1S/C21H26O/c1-19-15-8-3-2-4-9(8)16-13(15)14-17-10-5-6-11(12(10)18(14)19)21(19)20(16,17)7-22-21/h8-18H,2-7H2,1H3/t8-,9+,10+,11+,12-,13-,14+,15-,16-,17-,18+,19+,20-,21-/m1/s1. The number of fused-ring (bicyclic) bond motifs is 10. The first-order chi connectivity index (χ1) is 10.8. The molecule has 7 saturated carbocycles. The second kappa shape index (κ2) is 2.49. The fourth-order valence-corrected chi connectivity index (χ4v) is 13.5. The zero-order chi connectivity index (χ0) is 13.8. The Morgan fingerprint density at radius 2 is 1.55 bits per heavy atom. The fourth-order valence-electron chi connectivity index (χ4n) is 13.5. The number of hydrogen-bond acceptors (Lipinski definition) is 1. The van der Waals surface area contributed by atoms with E-state index in [1.54, 1.807) is 32.1 Å². The van der Waals surface area contributed by atoms with E-state index in [0.29, 0.717) is 16.4 Å². The molecule has 1 saturated heterocycles. The maximum absolute atomic E-state index is 6.86. The van der Waals surface area contributed by atoms with Crippen molar-refractivity contribution >= 4 is 0 Å². The summed E-state index contributed by atoms with van der Waals surface area (Å²) in [6.07, 6.45) is 7.89. The quantitative estimate of drug-likeness (QED) is 0.663. The SMILES string of the molecule is C[C@@]12[C@@H]3[C@H]4[C@@H]5[C@H]1[C@@H]1CCC[C@@H]1[C@H]5[C@@]15CO[C@]21[C@H]1CC[C@@H]([C@@H]31)[C@H]45. The van der Waals surface area contributed by atoms with Gasteiger partial charge in [-0.15, -0.1) is 0 Å². The predicted octanol–water partition coefficient (Wildman–Crippen LogP) is 3.59. The van der Waals surface area contributed by atoms with Gasteiger partial charge in [0.25, 0.3) is 0 Å². The molecule has 8 fully saturated rings. The number of ether oxygens (including phenoxy) is 1. The van der Waals surface area contributed by atoms with E-state index < -0.39 is 0 Å². The molecule has 0 aromatic heterocycles. The molecule has 1 heteroatoms. The highest BCUT2D eigenvalue weighted by atomic mass is 16.5. The Hall–Kier alpha value is -0.0400. The van der Waals surface area contributed by atoms with Crippen LogP contribution >= 0.6 is 0 Å². The van der Waals surface area contributed by atoms with Crippen molar-refractivity contribution < 1.29 is 4.74 Å². The Morgan fingerprint density at radius 1 is 0.773 bits per heavy atom. The molecule has 0 bridgehead atoms. The highest BCUT2D eigenvalue weighted by molar-refractivity contribution is 5.49. The summed E-state index contributed by atoms with van der Waals surface area (Å²) in [5.74, 6) is 12.4. The van der Waals surface area contributed by atoms with E-state index in [1.165, 1.54) is 18.4 Å². The van der Waals surface area contributed by atoms with E-state index in [-0.39, 0.29) is 0 Å². The molecule has 1 heterocycles. The van der Waals surface area contributed by atoms with Crippen LogP contribution in [-0.4, -0.2) is 12.2 Å². The molecule has 0 radical (unpaired) electrons. The lowest BCUT2D eigenvalue weighted by Gasteiger charge is -2.73. The normalized spacial score (nSPS) is 88.0. The summed E-state index contributed by atoms with van der Waals surface area (Å²) in [4.78, 5) is 0. The minimum atomic E-state index is 0.413. The summed E-state index contributed by atoms with van der Waals surface area (Å²) < 4.78 is 6.86. The van der Waals surface area contributed by atoms with Crippen LogP contribution in [0.1, 0.15) is 39.0 Å². The molecule has 1 aliphatic heterocycles. The number of hydrogen-bond donors (Lipinski definition) is 0. The van der Waals surface area contributed by atoms with Crippen LogP contribution < -0.4 is 0 Å². The molecule has 1 nitrogen and oxygen atoms in total. The molecule has 8 aliphatic rings. The van der Waals surface area contributed by atoms with Gasteiger partial charge in [-0.3, -0.25) is 0 Å². The summed E-state index contributed by atoms with van der Waals surface area (Å²) in [6, 6.07) is 0. The highest BCUT2D eigenvalue weighted by Crippen LogP contribution is 3.01. The first kappa shape index (κ1) is 10.7. The molecule has 8 rings (SSSR count). The van der Waals surface area contributed by atoms with Crippen LogP contribution in [0.4, 0.5) is 0 Å². The summed E-state index contributed by atoms with van der Waals surface area (Å²) in [5, 5.41) is 0. The van der Waals surface area contributed by atoms with E-state index in [2.05, 4.69) is 6.92 Å². The molecule has 2 spiro atoms. The van der Waals surface area contributed by atoms with Crippen LogP contribution in [0.15, 0.2) is 0 Å². The second-order valence-electron chi connectivity index (χ2n) is 11.3. The van der Waals surface area contributed by atoms with Crippen molar-refractivity contribution in [2.75, 3.05) is 6.61 Å². The largest absolute Gasteiger partial charge is 0.373 e. The van der Waals surface area contributed by atoms with Gasteiger partial charge in [0.1, 0.15) is 0 Å². The minimum Gasteiger partial charge on any atom is -0.373 e. The van der Waals surface area contributed by atoms with Gasteiger partial charge in [0.2, 0.25) is 0 Å². The Kier molecular flexibility index (Phi) is 1.21. The molecule has 0 aromatic rings. The van der Waals surface area contributed by atoms with Gasteiger partial charge < -0.3 is 4.74 Å². The topological polar surface area (TPSA) is 9.23 Å². The monoisotopic (exact) mass is 294 g/mol. The van der Waals surface area contributed by atoms with Crippen molar-refractivity contribution in [2.45, 2.75) is 44.6 Å². The van der Waals surface area contributed by atoms with Crippen molar-refractivity contribution in [1.29, 1.82) is 0 Å². The van der Waals surface area contributed by atoms with Crippen molar-refractivity contribution in [3.8, 4) is 0 Å². The van der Waals surface area contributed by atoms with Gasteiger partial charge in [0.15, 0.2) is 0 Å². The van der Waals surface area contributed by atoms with Gasteiger partial charge in [0.05, 0.1) is 12.2 Å². The second-order valence-corrected chi connectivity index (χ2v) is 11.3. The molecule has 0 N–H and O–H groups in total. The fraction of sp³-hybridized carbons (Fsp3) is 1.00. The Bertz CT molecular complexity index is 683. The summed E-state index contributed by atoms with van der Waals surface area (Å²) in [5.41, 5.74) is 1.75. The zero-order valence-electron chi connectivity index (χ0n) is 13.5. The molecular formula is C21H26O. The lowest BCUT2D eigenvalue weighted by atomic mass is 9.40. The molecule has 22 heavy (non-hydrogen) atoms. The van der Waals surface area contributed by atoms with Gasteiger partial charge in [-0.1, -0.05) is 13.3 Å². The summed E-state index contributed by atoms with van der Waals surface area (Å²) >= 11 is 0. The summed E-state index contributed by atoms with van der Waals surface area (Å²) in [6.45, 7) is 3.99. The van der Waals surface area contributed by atoms with E-state index in [0.717, 1.165) is 53.3 Å². The molecule has 14 atom stereocenters. The van der Waals surface area contributed by atoms with Gasteiger partial charge in [-0.25, -0.2) is 0 Å². The van der Waals surface area contributed by atoms with Gasteiger partial charge in [-0.05, 0) is 90.8 Å². The number of rotatable bonds is 0. The van der Waals surface area contributed by atoms with Crippen LogP contribution in [0, 0.1) is 75.9 Å². The lowest BCUT2D eigenvalue weighted by Crippen LogP contribution is -2.79. The Labute approximate surface area is 132 Å². The highest BCUT2D eigenvalue weighted by Gasteiger charge is 3.02. The first-order valence-electron chi connectivity index (χ1n) is 10.4. The zero-order valence-corrected chi connectivity index (χ0v) is 13.5. The van der Waals surface area contributed by atoms with Gasteiger partial charge >= 0.3 is 0 Å². The maximum Gasteiger partial charge on any atom is 0.0856 e. The Morgan fingerprint density at radius 3 is 2.36 bits per heavy atom. The minimum absolute atomic E-state index is 0.413. The van der Waals surface area contributed by atoms with E-state index in [1.807, 2.05) is 0 Å². The molecule has 0 unspecified atom stereocenters. The van der Waals surface area contributed by atoms with Crippen LogP contribution in [-0.2, 0) is 4.74 Å². The van der Waals surface area contributed by atoms with Crippen molar-refractivity contribution in [3.05, 3.63) is 0 Å².